The molecule has 28 heavy (non-hydrogen) atoms. The van der Waals surface area contributed by atoms with E-state index in [-0.39, 0.29) is 18.6 Å². The maximum atomic E-state index is 10.8. The van der Waals surface area contributed by atoms with E-state index in [1.165, 1.54) is 12.1 Å². The quantitative estimate of drug-likeness (QED) is 0.319. The fourth-order valence-corrected chi connectivity index (χ4v) is 2.94. The van der Waals surface area contributed by atoms with Gasteiger partial charge < -0.3 is 9.47 Å². The molecule has 1 unspecified atom stereocenters. The largest absolute Gasteiger partial charge is 0.454 e. The molecule has 2 aliphatic heterocycles. The van der Waals surface area contributed by atoms with Crippen LogP contribution in [0.2, 0.25) is 0 Å². The number of nitro groups is 1. The fraction of sp³-hybridized carbons (Fsp3) is 0.235. The Balaban J connectivity index is 0.000000403. The van der Waals surface area contributed by atoms with Gasteiger partial charge in [-0.1, -0.05) is 0 Å². The van der Waals surface area contributed by atoms with Crippen molar-refractivity contribution in [1.29, 1.82) is 0 Å². The zero-order valence-electron chi connectivity index (χ0n) is 14.5. The number of fused-ring (bicyclic) bond motifs is 2. The van der Waals surface area contributed by atoms with Gasteiger partial charge in [0.25, 0.3) is 11.8 Å². The standard InChI is InChI=1S/C17H14NO5.ClHO4/c1-10-6-12-7-15-16(22-9-21-15)8-14(12)17(23-10)11-2-4-13(5-3-11)18(19)20;2-1(3,4)5/h2-5,7-8,10H,6,9H2,1H3;(H,2,3,4,5)/q+1;/p-1. The predicted octanol–water partition coefficient (Wildman–Crippen LogP) is -1.72. The number of hydrogen-bond acceptors (Lipinski definition) is 8. The highest BCUT2D eigenvalue weighted by Gasteiger charge is 2.33. The van der Waals surface area contributed by atoms with Gasteiger partial charge in [-0.2, -0.15) is 0 Å². The molecule has 0 N–H and O–H groups in total. The van der Waals surface area contributed by atoms with Crippen molar-refractivity contribution in [3.05, 3.63) is 63.2 Å². The van der Waals surface area contributed by atoms with Crippen molar-refractivity contribution in [2.75, 3.05) is 6.79 Å². The van der Waals surface area contributed by atoms with E-state index < -0.39 is 15.2 Å². The normalized spacial score (nSPS) is 17.2. The number of nitro benzene ring substituents is 1. The van der Waals surface area contributed by atoms with Crippen LogP contribution in [0.25, 0.3) is 0 Å². The second-order valence-corrected chi connectivity index (χ2v) is 6.76. The first-order chi connectivity index (χ1) is 13.1. The summed E-state index contributed by atoms with van der Waals surface area (Å²) < 4.78 is 50.9. The van der Waals surface area contributed by atoms with Crippen molar-refractivity contribution in [2.45, 2.75) is 19.4 Å². The molecule has 0 amide bonds. The predicted molar refractivity (Wildman–Crippen MR) is 82.3 cm³/mol. The molecule has 0 bridgehead atoms. The van der Waals surface area contributed by atoms with Crippen molar-refractivity contribution in [3.63, 3.8) is 0 Å². The molecule has 0 radical (unpaired) electrons. The Morgan fingerprint density at radius 2 is 1.64 bits per heavy atom. The monoisotopic (exact) mass is 411 g/mol. The van der Waals surface area contributed by atoms with Gasteiger partial charge in [-0.3, -0.25) is 14.5 Å². The van der Waals surface area contributed by atoms with Gasteiger partial charge in [0.15, 0.2) is 11.5 Å². The Bertz CT molecular complexity index is 915. The molecular weight excluding hydrogens is 398 g/mol. The molecule has 0 saturated heterocycles. The van der Waals surface area contributed by atoms with Crippen LogP contribution in [0, 0.1) is 20.4 Å². The summed E-state index contributed by atoms with van der Waals surface area (Å²) in [5.41, 5.74) is 2.94. The highest BCUT2D eigenvalue weighted by Crippen LogP contribution is 2.37. The summed E-state index contributed by atoms with van der Waals surface area (Å²) >= 11 is 0. The Hall–Kier alpha value is -2.76. The molecule has 10 nitrogen and oxygen atoms in total. The van der Waals surface area contributed by atoms with E-state index in [9.17, 15) is 10.1 Å². The molecule has 4 rings (SSSR count). The Morgan fingerprint density at radius 1 is 1.07 bits per heavy atom. The fourth-order valence-electron chi connectivity index (χ4n) is 2.94. The zero-order valence-corrected chi connectivity index (χ0v) is 15.2. The summed E-state index contributed by atoms with van der Waals surface area (Å²) in [5, 5.41) is 10.8. The first-order valence-electron chi connectivity index (χ1n) is 7.95. The molecule has 0 spiro atoms. The number of rotatable bonds is 2. The van der Waals surface area contributed by atoms with Crippen LogP contribution < -0.4 is 28.1 Å². The van der Waals surface area contributed by atoms with Gasteiger partial charge in [-0.15, -0.1) is 10.2 Å². The minimum Gasteiger partial charge on any atom is -0.454 e. The molecule has 11 heteroatoms. The molecule has 0 fully saturated rings. The second-order valence-electron chi connectivity index (χ2n) is 6.01. The molecule has 2 aromatic rings. The van der Waals surface area contributed by atoms with Gasteiger partial charge in [0, 0.05) is 25.1 Å². The number of hydrogen-bond donors (Lipinski definition) is 0. The SMILES string of the molecule is CC1Cc2cc3c(cc2C(c2ccc([N+](=O)[O-])cc2)=[O+]1)OCO3.[O-][Cl+3]([O-])([O-])[O-]. The van der Waals surface area contributed by atoms with Crippen molar-refractivity contribution in [3.8, 4) is 11.5 Å². The van der Waals surface area contributed by atoms with E-state index in [1.54, 1.807) is 12.1 Å². The van der Waals surface area contributed by atoms with E-state index >= 15 is 0 Å². The second kappa shape index (κ2) is 7.70. The van der Waals surface area contributed by atoms with Gasteiger partial charge in [-0.05, 0) is 23.8 Å². The highest BCUT2D eigenvalue weighted by atomic mass is 35.7. The smallest absolute Gasteiger partial charge is 0.358 e. The van der Waals surface area contributed by atoms with Crippen LogP contribution in [0.5, 0.6) is 11.5 Å². The minimum atomic E-state index is -4.94. The minimum absolute atomic E-state index is 0.0214. The Kier molecular flexibility index (Phi) is 5.49. The van der Waals surface area contributed by atoms with Crippen LogP contribution in [0.1, 0.15) is 28.0 Å². The van der Waals surface area contributed by atoms with Gasteiger partial charge in [0.2, 0.25) is 6.79 Å². The van der Waals surface area contributed by atoms with Gasteiger partial charge in [-0.25, -0.2) is 18.6 Å². The molecular formula is C17H14ClNO9. The number of nitrogens with zero attached hydrogens (tertiary/aromatic N) is 1. The first-order valence-corrected chi connectivity index (χ1v) is 9.18. The number of carbonyl (C=O) groups excluding carboxylic acids is 1. The topological polar surface area (TPSA) is 165 Å². The van der Waals surface area contributed by atoms with Gasteiger partial charge in [0.1, 0.15) is 0 Å². The Morgan fingerprint density at radius 3 is 2.21 bits per heavy atom. The third-order valence-corrected chi connectivity index (χ3v) is 4.01. The summed E-state index contributed by atoms with van der Waals surface area (Å²) in [4.78, 5) is 10.4. The molecule has 0 saturated carbocycles. The summed E-state index contributed by atoms with van der Waals surface area (Å²) in [6.07, 6.45) is 0.802. The third-order valence-electron chi connectivity index (χ3n) is 4.01. The van der Waals surface area contributed by atoms with Crippen molar-refractivity contribution >= 4 is 11.5 Å². The van der Waals surface area contributed by atoms with Crippen molar-refractivity contribution < 1.29 is 47.7 Å². The van der Waals surface area contributed by atoms with Crippen LogP contribution in [0.3, 0.4) is 0 Å². The third kappa shape index (κ3) is 4.74. The molecule has 2 aliphatic rings. The summed E-state index contributed by atoms with van der Waals surface area (Å²) in [6.45, 7) is 2.22. The zero-order chi connectivity index (χ0) is 20.5. The van der Waals surface area contributed by atoms with Crippen LogP contribution in [0.15, 0.2) is 36.4 Å². The highest BCUT2D eigenvalue weighted by molar-refractivity contribution is 6.11. The maximum absolute atomic E-state index is 10.8. The number of ketones is 1. The van der Waals surface area contributed by atoms with Crippen LogP contribution in [0.4, 0.5) is 5.69 Å². The molecule has 0 aromatic heterocycles. The van der Waals surface area contributed by atoms with Crippen LogP contribution in [-0.4, -0.2) is 23.6 Å². The first kappa shape index (κ1) is 20.0. The lowest BCUT2D eigenvalue weighted by atomic mass is 9.92. The number of halogens is 1. The summed E-state index contributed by atoms with van der Waals surface area (Å²) in [6, 6.07) is 10.3. The van der Waals surface area contributed by atoms with Crippen molar-refractivity contribution in [1.82, 2.24) is 0 Å². The lowest BCUT2D eigenvalue weighted by Crippen LogP contribution is -2.68. The summed E-state index contributed by atoms with van der Waals surface area (Å²) in [5.74, 6) is 2.16. The molecule has 0 aliphatic carbocycles. The lowest BCUT2D eigenvalue weighted by Gasteiger charge is -2.17. The molecule has 1 atom stereocenters. The van der Waals surface area contributed by atoms with E-state index in [0.717, 1.165) is 28.9 Å². The number of ether oxygens (including phenoxy) is 2. The van der Waals surface area contributed by atoms with Crippen molar-refractivity contribution in [2.24, 2.45) is 0 Å². The van der Waals surface area contributed by atoms with Crippen LogP contribution >= 0.6 is 0 Å². The van der Waals surface area contributed by atoms with E-state index in [2.05, 4.69) is 0 Å². The van der Waals surface area contributed by atoms with E-state index in [4.69, 9.17) is 32.5 Å². The van der Waals surface area contributed by atoms with Gasteiger partial charge in [0.05, 0.1) is 22.5 Å². The number of benzene rings is 2. The van der Waals surface area contributed by atoms with Crippen LogP contribution in [-0.2, 0) is 6.42 Å². The molecule has 2 heterocycles. The summed E-state index contributed by atoms with van der Waals surface area (Å²) in [7, 11) is -4.94. The molecule has 148 valence electrons. The van der Waals surface area contributed by atoms with Gasteiger partial charge >= 0.3 is 5.78 Å². The average Bonchev–Trinajstić information content (AvgIpc) is 3.05. The van der Waals surface area contributed by atoms with E-state index in [0.29, 0.717) is 11.5 Å². The average molecular weight is 412 g/mol. The number of non-ortho nitro benzene ring substituents is 1. The lowest BCUT2D eigenvalue weighted by molar-refractivity contribution is -2.00. The molecule has 2 aromatic carbocycles. The Labute approximate surface area is 160 Å². The van der Waals surface area contributed by atoms with E-state index in [1.807, 2.05) is 19.1 Å². The maximum Gasteiger partial charge on any atom is 0.358 e.